The minimum Gasteiger partial charge on any atom is -0.394 e. The highest BCUT2D eigenvalue weighted by Gasteiger charge is 2.27. The minimum atomic E-state index is -0.624. The quantitative estimate of drug-likeness (QED) is 0.300. The lowest BCUT2D eigenvalue weighted by Gasteiger charge is -2.32. The Balaban J connectivity index is 1.20. The number of benzene rings is 2. The van der Waals surface area contributed by atoms with Crippen LogP contribution in [0.5, 0.6) is 0 Å². The van der Waals surface area contributed by atoms with Gasteiger partial charge in [-0.15, -0.1) is 11.3 Å². The van der Waals surface area contributed by atoms with E-state index in [1.165, 1.54) is 11.3 Å². The summed E-state index contributed by atoms with van der Waals surface area (Å²) >= 11 is 1.39. The highest BCUT2D eigenvalue weighted by atomic mass is 32.1. The molecule has 5 aromatic rings. The van der Waals surface area contributed by atoms with Gasteiger partial charge >= 0.3 is 0 Å². The van der Waals surface area contributed by atoms with Gasteiger partial charge in [0.1, 0.15) is 16.2 Å². The number of hydrogen-bond donors (Lipinski definition) is 3. The lowest BCUT2D eigenvalue weighted by Crippen LogP contribution is -2.44. The van der Waals surface area contributed by atoms with Crippen LogP contribution in [0.25, 0.3) is 21.3 Å². The Morgan fingerprint density at radius 2 is 1.89 bits per heavy atom. The molecule has 1 aliphatic heterocycles. The van der Waals surface area contributed by atoms with Crippen molar-refractivity contribution in [1.29, 1.82) is 0 Å². The third-order valence-corrected chi connectivity index (χ3v) is 7.99. The number of nitrogens with one attached hydrogen (secondary N) is 2. The number of carbonyl (C=O) groups excluding carboxylic acids is 1. The molecule has 3 aromatic carbocycles. The SMILES string of the molecule is Cc1sc2nc(C(=O)NCc3ccc4c(c3)CN(c3c(N)c(=O)c3=O)CC4)[nH]c(=O)c2c1-c1ccccc1. The predicted molar refractivity (Wildman–Crippen MR) is 149 cm³/mol. The number of anilines is 2. The van der Waals surface area contributed by atoms with E-state index < -0.39 is 16.8 Å². The number of thiophene rings is 1. The third kappa shape index (κ3) is 3.90. The molecule has 190 valence electrons. The van der Waals surface area contributed by atoms with Crippen LogP contribution < -0.4 is 32.4 Å². The molecule has 0 saturated heterocycles. The Hall–Kier alpha value is -4.57. The monoisotopic (exact) mass is 525 g/mol. The summed E-state index contributed by atoms with van der Waals surface area (Å²) in [6.45, 7) is 3.23. The summed E-state index contributed by atoms with van der Waals surface area (Å²) in [5, 5.41) is 3.32. The van der Waals surface area contributed by atoms with Gasteiger partial charge in [0, 0.05) is 30.1 Å². The van der Waals surface area contributed by atoms with Crippen molar-refractivity contribution < 1.29 is 4.79 Å². The largest absolute Gasteiger partial charge is 0.394 e. The maximum Gasteiger partial charge on any atom is 0.287 e. The second-order valence-corrected chi connectivity index (χ2v) is 10.6. The van der Waals surface area contributed by atoms with E-state index in [2.05, 4.69) is 15.3 Å². The van der Waals surface area contributed by atoms with Gasteiger partial charge in [-0.25, -0.2) is 4.98 Å². The van der Waals surface area contributed by atoms with Crippen LogP contribution in [0.4, 0.5) is 11.4 Å². The van der Waals surface area contributed by atoms with Crippen molar-refractivity contribution in [2.24, 2.45) is 0 Å². The molecular weight excluding hydrogens is 502 g/mol. The summed E-state index contributed by atoms with van der Waals surface area (Å²) in [4.78, 5) is 59.8. The first-order valence-corrected chi connectivity index (χ1v) is 12.9. The zero-order valence-corrected chi connectivity index (χ0v) is 21.3. The van der Waals surface area contributed by atoms with Crippen LogP contribution in [-0.4, -0.2) is 22.4 Å². The Kier molecular flexibility index (Phi) is 5.68. The van der Waals surface area contributed by atoms with Gasteiger partial charge in [0.2, 0.25) is 5.82 Å². The summed E-state index contributed by atoms with van der Waals surface area (Å²) in [6.07, 6.45) is 0.719. The number of hydrogen-bond acceptors (Lipinski definition) is 8. The van der Waals surface area contributed by atoms with E-state index in [0.717, 1.165) is 39.1 Å². The van der Waals surface area contributed by atoms with Crippen molar-refractivity contribution in [2.45, 2.75) is 26.4 Å². The Morgan fingerprint density at radius 1 is 1.11 bits per heavy atom. The van der Waals surface area contributed by atoms with E-state index in [0.29, 0.717) is 29.0 Å². The maximum atomic E-state index is 13.0. The first kappa shape index (κ1) is 23.8. The van der Waals surface area contributed by atoms with Crippen LogP contribution in [-0.2, 0) is 19.5 Å². The summed E-state index contributed by atoms with van der Waals surface area (Å²) in [5.41, 5.74) is 9.33. The molecule has 6 rings (SSSR count). The minimum absolute atomic E-state index is 0.0251. The molecule has 2 aromatic heterocycles. The summed E-state index contributed by atoms with van der Waals surface area (Å²) in [5.74, 6) is -0.518. The molecule has 1 amide bonds. The van der Waals surface area contributed by atoms with Crippen LogP contribution in [0.1, 0.15) is 32.2 Å². The Labute approximate surface area is 220 Å². The number of aromatic nitrogens is 2. The molecule has 9 nitrogen and oxygen atoms in total. The summed E-state index contributed by atoms with van der Waals surface area (Å²) in [7, 11) is 0. The zero-order valence-electron chi connectivity index (χ0n) is 20.5. The van der Waals surface area contributed by atoms with Crippen molar-refractivity contribution in [2.75, 3.05) is 17.2 Å². The lowest BCUT2D eigenvalue weighted by molar-refractivity contribution is 0.0940. The van der Waals surface area contributed by atoms with Gasteiger partial charge in [-0.05, 0) is 35.6 Å². The Bertz CT molecular complexity index is 1860. The number of amides is 1. The topological polar surface area (TPSA) is 138 Å². The molecule has 0 atom stereocenters. The van der Waals surface area contributed by atoms with Crippen molar-refractivity contribution in [3.63, 3.8) is 0 Å². The van der Waals surface area contributed by atoms with Crippen molar-refractivity contribution >= 4 is 38.8 Å². The molecule has 0 radical (unpaired) electrons. The number of nitrogen functional groups attached to an aromatic ring is 1. The average molecular weight is 526 g/mol. The molecule has 0 bridgehead atoms. The van der Waals surface area contributed by atoms with Crippen molar-refractivity contribution in [1.82, 2.24) is 15.3 Å². The highest BCUT2D eigenvalue weighted by molar-refractivity contribution is 7.19. The van der Waals surface area contributed by atoms with Crippen LogP contribution in [0, 0.1) is 6.92 Å². The summed E-state index contributed by atoms with van der Waals surface area (Å²) < 4.78 is 0. The van der Waals surface area contributed by atoms with E-state index in [-0.39, 0.29) is 23.6 Å². The number of nitrogens with two attached hydrogens (primary N) is 1. The van der Waals surface area contributed by atoms with Crippen LogP contribution >= 0.6 is 11.3 Å². The van der Waals surface area contributed by atoms with Gasteiger partial charge in [0.05, 0.1) is 5.39 Å². The Morgan fingerprint density at radius 3 is 2.66 bits per heavy atom. The first-order chi connectivity index (χ1) is 18.3. The lowest BCUT2D eigenvalue weighted by atomic mass is 9.96. The number of carbonyl (C=O) groups is 1. The molecule has 0 fully saturated rings. The van der Waals surface area contributed by atoms with E-state index in [1.54, 1.807) is 0 Å². The maximum absolute atomic E-state index is 13.0. The second kappa shape index (κ2) is 9.07. The average Bonchev–Trinajstić information content (AvgIpc) is 3.28. The van der Waals surface area contributed by atoms with Gasteiger partial charge in [0.25, 0.3) is 22.3 Å². The standard InChI is InChI=1S/C28H23N5O4S/c1-14-19(17-5-3-2-4-6-17)20-26(36)31-25(32-28(20)38-14)27(37)30-12-15-7-8-16-9-10-33(13-18(16)11-15)22-21(29)23(34)24(22)35/h2-8,11H,9-10,12-13,29H2,1H3,(H,30,37)(H,31,32,36). The molecule has 3 heterocycles. The molecule has 1 aliphatic rings. The fourth-order valence-corrected chi connectivity index (χ4v) is 6.11. The van der Waals surface area contributed by atoms with E-state index in [4.69, 9.17) is 5.73 Å². The van der Waals surface area contributed by atoms with Gasteiger partial charge in [0.15, 0.2) is 0 Å². The van der Waals surface area contributed by atoms with Crippen LogP contribution in [0.15, 0.2) is 62.9 Å². The van der Waals surface area contributed by atoms with E-state index >= 15 is 0 Å². The van der Waals surface area contributed by atoms with Gasteiger partial charge < -0.3 is 20.9 Å². The van der Waals surface area contributed by atoms with E-state index in [9.17, 15) is 19.2 Å². The molecule has 0 unspecified atom stereocenters. The molecule has 0 spiro atoms. The second-order valence-electron chi connectivity index (χ2n) is 9.37. The molecule has 38 heavy (non-hydrogen) atoms. The predicted octanol–water partition coefficient (Wildman–Crippen LogP) is 2.63. The zero-order chi connectivity index (χ0) is 26.6. The normalized spacial score (nSPS) is 13.1. The number of nitrogens with zero attached hydrogens (tertiary/aromatic N) is 2. The fourth-order valence-electron chi connectivity index (χ4n) is 5.07. The first-order valence-electron chi connectivity index (χ1n) is 12.1. The van der Waals surface area contributed by atoms with Crippen molar-refractivity contribution in [3.8, 4) is 11.1 Å². The van der Waals surface area contributed by atoms with Gasteiger partial charge in [-0.1, -0.05) is 48.5 Å². The highest BCUT2D eigenvalue weighted by Crippen LogP contribution is 2.35. The third-order valence-electron chi connectivity index (χ3n) is 6.99. The van der Waals surface area contributed by atoms with Crippen LogP contribution in [0.2, 0.25) is 0 Å². The fraction of sp³-hybridized carbons (Fsp3) is 0.179. The number of aryl methyl sites for hydroxylation is 1. The van der Waals surface area contributed by atoms with E-state index in [1.807, 2.05) is 60.4 Å². The molecule has 0 saturated carbocycles. The number of H-pyrrole nitrogens is 1. The van der Waals surface area contributed by atoms with Gasteiger partial charge in [-0.2, -0.15) is 0 Å². The van der Waals surface area contributed by atoms with Crippen LogP contribution in [0.3, 0.4) is 0 Å². The molecule has 10 heteroatoms. The summed E-state index contributed by atoms with van der Waals surface area (Å²) in [6, 6.07) is 15.6. The van der Waals surface area contributed by atoms with Crippen molar-refractivity contribution in [3.05, 3.63) is 107 Å². The number of aromatic amines is 1. The number of rotatable bonds is 5. The smallest absolute Gasteiger partial charge is 0.287 e. The van der Waals surface area contributed by atoms with Gasteiger partial charge in [-0.3, -0.25) is 19.2 Å². The number of fused-ring (bicyclic) bond motifs is 2. The molecular formula is C28H23N5O4S. The molecule has 4 N–H and O–H groups in total. The molecule has 0 aliphatic carbocycles.